The summed E-state index contributed by atoms with van der Waals surface area (Å²) >= 11 is 0. The summed E-state index contributed by atoms with van der Waals surface area (Å²) in [5.41, 5.74) is -0.0695. The molecule has 9 heteroatoms. The Morgan fingerprint density at radius 2 is 1.93 bits per heavy atom. The van der Waals surface area contributed by atoms with Crippen LogP contribution in [0.5, 0.6) is 5.75 Å². The van der Waals surface area contributed by atoms with Crippen molar-refractivity contribution in [3.8, 4) is 5.75 Å². The minimum atomic E-state index is -4.42. The van der Waals surface area contributed by atoms with Gasteiger partial charge in [-0.25, -0.2) is 9.37 Å². The van der Waals surface area contributed by atoms with E-state index in [0.717, 1.165) is 12.3 Å². The normalized spacial score (nSPS) is 15.1. The Labute approximate surface area is 172 Å². The standard InChI is InChI=1S/C21H23F4N3O2/c1-30-18-6-3-15(13-17(18)22)4-8-20(29)28-10-2-9-27(11-12-28)19-7-5-16(14-26-19)21(23,24)25/h3,5-7,13-14H,2,4,8-12H2,1H3. The molecule has 1 amide bonds. The fourth-order valence-electron chi connectivity index (χ4n) is 3.41. The lowest BCUT2D eigenvalue weighted by atomic mass is 10.1. The van der Waals surface area contributed by atoms with Crippen molar-refractivity contribution in [3.05, 3.63) is 53.5 Å². The lowest BCUT2D eigenvalue weighted by Gasteiger charge is -2.23. The van der Waals surface area contributed by atoms with E-state index in [1.807, 2.05) is 4.90 Å². The molecule has 1 aliphatic rings. The van der Waals surface area contributed by atoms with E-state index in [-0.39, 0.29) is 18.1 Å². The van der Waals surface area contributed by atoms with Crippen molar-refractivity contribution >= 4 is 11.7 Å². The topological polar surface area (TPSA) is 45.7 Å². The quantitative estimate of drug-likeness (QED) is 0.682. The van der Waals surface area contributed by atoms with Gasteiger partial charge >= 0.3 is 6.18 Å². The number of anilines is 1. The van der Waals surface area contributed by atoms with Gasteiger partial charge in [-0.3, -0.25) is 4.79 Å². The van der Waals surface area contributed by atoms with Gasteiger partial charge in [0.25, 0.3) is 0 Å². The molecule has 0 spiro atoms. The number of pyridine rings is 1. The summed E-state index contributed by atoms with van der Waals surface area (Å²) in [6, 6.07) is 7.01. The molecule has 0 radical (unpaired) electrons. The van der Waals surface area contributed by atoms with Gasteiger partial charge < -0.3 is 14.5 Å². The fourth-order valence-corrected chi connectivity index (χ4v) is 3.41. The largest absolute Gasteiger partial charge is 0.494 e. The number of hydrogen-bond donors (Lipinski definition) is 0. The van der Waals surface area contributed by atoms with Crippen LogP contribution in [0.2, 0.25) is 0 Å². The Hall–Kier alpha value is -2.84. The molecular weight excluding hydrogens is 402 g/mol. The highest BCUT2D eigenvalue weighted by Crippen LogP contribution is 2.29. The molecule has 2 heterocycles. The molecule has 1 aromatic carbocycles. The average Bonchev–Trinajstić information content (AvgIpc) is 2.98. The number of methoxy groups -OCH3 is 1. The fraction of sp³-hybridized carbons (Fsp3) is 0.429. The predicted octanol–water partition coefficient (Wildman–Crippen LogP) is 3.92. The number of aromatic nitrogens is 1. The third kappa shape index (κ3) is 5.40. The maximum Gasteiger partial charge on any atom is 0.417 e. The van der Waals surface area contributed by atoms with Crippen LogP contribution < -0.4 is 9.64 Å². The molecule has 162 valence electrons. The highest BCUT2D eigenvalue weighted by atomic mass is 19.4. The number of benzene rings is 1. The highest BCUT2D eigenvalue weighted by molar-refractivity contribution is 5.76. The summed E-state index contributed by atoms with van der Waals surface area (Å²) in [6.07, 6.45) is -2.23. The van der Waals surface area contributed by atoms with Gasteiger partial charge in [-0.05, 0) is 42.7 Å². The van der Waals surface area contributed by atoms with E-state index in [1.54, 1.807) is 11.0 Å². The van der Waals surface area contributed by atoms with Crippen LogP contribution in [0.15, 0.2) is 36.5 Å². The van der Waals surface area contributed by atoms with Gasteiger partial charge in [0.05, 0.1) is 12.7 Å². The Bertz CT molecular complexity index is 872. The number of carbonyl (C=O) groups is 1. The lowest BCUT2D eigenvalue weighted by Crippen LogP contribution is -2.35. The molecule has 30 heavy (non-hydrogen) atoms. The monoisotopic (exact) mass is 425 g/mol. The van der Waals surface area contributed by atoms with Crippen molar-refractivity contribution in [2.45, 2.75) is 25.4 Å². The summed E-state index contributed by atoms with van der Waals surface area (Å²) in [5.74, 6) is 0.130. The maximum absolute atomic E-state index is 13.8. The molecule has 0 N–H and O–H groups in total. The van der Waals surface area contributed by atoms with E-state index in [0.29, 0.717) is 50.4 Å². The summed E-state index contributed by atoms with van der Waals surface area (Å²) in [7, 11) is 1.39. The highest BCUT2D eigenvalue weighted by Gasteiger charge is 2.31. The zero-order valence-electron chi connectivity index (χ0n) is 16.6. The molecule has 1 aromatic heterocycles. The SMILES string of the molecule is COc1ccc(CCC(=O)N2CCCN(c3ccc(C(F)(F)F)cn3)CC2)cc1F. The first kappa shape index (κ1) is 21.9. The molecule has 0 bridgehead atoms. The maximum atomic E-state index is 13.8. The Morgan fingerprint density at radius 3 is 2.57 bits per heavy atom. The van der Waals surface area contributed by atoms with Crippen LogP contribution in [0.3, 0.4) is 0 Å². The number of carbonyl (C=O) groups excluding carboxylic acids is 1. The molecule has 0 aliphatic carbocycles. The number of hydrogen-bond acceptors (Lipinski definition) is 4. The van der Waals surface area contributed by atoms with Gasteiger partial charge in [-0.2, -0.15) is 13.2 Å². The predicted molar refractivity (Wildman–Crippen MR) is 104 cm³/mol. The summed E-state index contributed by atoms with van der Waals surface area (Å²) < 4.78 is 56.8. The van der Waals surface area contributed by atoms with Gasteiger partial charge in [0, 0.05) is 38.8 Å². The van der Waals surface area contributed by atoms with E-state index in [9.17, 15) is 22.4 Å². The molecular formula is C21H23F4N3O2. The van der Waals surface area contributed by atoms with Crippen LogP contribution >= 0.6 is 0 Å². The van der Waals surface area contributed by atoms with Crippen LogP contribution in [0.25, 0.3) is 0 Å². The van der Waals surface area contributed by atoms with Crippen molar-refractivity contribution in [1.29, 1.82) is 0 Å². The second-order valence-electron chi connectivity index (χ2n) is 7.09. The number of alkyl halides is 3. The Morgan fingerprint density at radius 1 is 1.13 bits per heavy atom. The van der Waals surface area contributed by atoms with Crippen molar-refractivity contribution in [3.63, 3.8) is 0 Å². The number of amides is 1. The molecule has 3 rings (SSSR count). The molecule has 0 atom stereocenters. The average molecular weight is 425 g/mol. The number of ether oxygens (including phenoxy) is 1. The van der Waals surface area contributed by atoms with E-state index in [4.69, 9.17) is 4.74 Å². The molecule has 1 fully saturated rings. The van der Waals surface area contributed by atoms with E-state index in [1.165, 1.54) is 25.3 Å². The molecule has 1 aliphatic heterocycles. The second kappa shape index (κ2) is 9.32. The van der Waals surface area contributed by atoms with Crippen molar-refractivity contribution in [2.75, 3.05) is 38.2 Å². The third-order valence-electron chi connectivity index (χ3n) is 5.09. The third-order valence-corrected chi connectivity index (χ3v) is 5.09. The molecule has 2 aromatic rings. The van der Waals surface area contributed by atoms with E-state index < -0.39 is 17.6 Å². The zero-order valence-corrected chi connectivity index (χ0v) is 16.6. The Kier molecular flexibility index (Phi) is 6.79. The summed E-state index contributed by atoms with van der Waals surface area (Å²) in [6.45, 7) is 2.11. The first-order valence-corrected chi connectivity index (χ1v) is 9.66. The number of aryl methyl sites for hydroxylation is 1. The van der Waals surface area contributed by atoms with Gasteiger partial charge in [0.2, 0.25) is 5.91 Å². The van der Waals surface area contributed by atoms with Crippen LogP contribution in [0.4, 0.5) is 23.4 Å². The van der Waals surface area contributed by atoms with Gasteiger partial charge in [-0.15, -0.1) is 0 Å². The smallest absolute Gasteiger partial charge is 0.417 e. The Balaban J connectivity index is 1.54. The molecule has 0 unspecified atom stereocenters. The summed E-state index contributed by atoms with van der Waals surface area (Å²) in [5, 5.41) is 0. The first-order valence-electron chi connectivity index (χ1n) is 9.66. The van der Waals surface area contributed by atoms with Crippen molar-refractivity contribution < 1.29 is 27.1 Å². The van der Waals surface area contributed by atoms with Gasteiger partial charge in [0.1, 0.15) is 5.82 Å². The van der Waals surface area contributed by atoms with Crippen LogP contribution in [0.1, 0.15) is 24.0 Å². The number of halogens is 4. The second-order valence-corrected chi connectivity index (χ2v) is 7.09. The van der Waals surface area contributed by atoms with Crippen molar-refractivity contribution in [2.24, 2.45) is 0 Å². The molecule has 0 saturated carbocycles. The van der Waals surface area contributed by atoms with E-state index in [2.05, 4.69) is 4.98 Å². The van der Waals surface area contributed by atoms with Gasteiger partial charge in [-0.1, -0.05) is 6.07 Å². The molecule has 1 saturated heterocycles. The number of nitrogens with zero attached hydrogens (tertiary/aromatic N) is 3. The minimum absolute atomic E-state index is 0.0338. The number of rotatable bonds is 5. The van der Waals surface area contributed by atoms with Crippen molar-refractivity contribution in [1.82, 2.24) is 9.88 Å². The van der Waals surface area contributed by atoms with E-state index >= 15 is 0 Å². The minimum Gasteiger partial charge on any atom is -0.494 e. The lowest BCUT2D eigenvalue weighted by molar-refractivity contribution is -0.137. The first-order chi connectivity index (χ1) is 14.3. The molecule has 5 nitrogen and oxygen atoms in total. The van der Waals surface area contributed by atoms with Gasteiger partial charge in [0.15, 0.2) is 11.6 Å². The van der Waals surface area contributed by atoms with Crippen LogP contribution in [-0.2, 0) is 17.4 Å². The van der Waals surface area contributed by atoms with Crippen LogP contribution in [0, 0.1) is 5.82 Å². The van der Waals surface area contributed by atoms with Crippen LogP contribution in [-0.4, -0.2) is 49.1 Å². The summed E-state index contributed by atoms with van der Waals surface area (Å²) in [4.78, 5) is 20.1. The zero-order chi connectivity index (χ0) is 21.7.